The molecule has 0 aliphatic heterocycles. The Kier molecular flexibility index (Phi) is 11.6. The zero-order valence-electron chi connectivity index (χ0n) is 20.2. The molecule has 35 heavy (non-hydrogen) atoms. The van der Waals surface area contributed by atoms with Crippen molar-refractivity contribution >= 4 is 53.3 Å². The number of nitrogen functional groups attached to an aromatic ring is 1. The molecule has 2 rings (SSSR count). The molecule has 0 aliphatic rings. The molecule has 12 heteroatoms. The van der Waals surface area contributed by atoms with Crippen LogP contribution in [0.2, 0.25) is 0 Å². The number of esters is 1. The number of benzene rings is 1. The first-order valence-electron chi connectivity index (χ1n) is 10.9. The van der Waals surface area contributed by atoms with Gasteiger partial charge in [-0.2, -0.15) is 4.37 Å². The Labute approximate surface area is 215 Å². The van der Waals surface area contributed by atoms with Crippen LogP contribution < -0.4 is 16.8 Å². The van der Waals surface area contributed by atoms with Gasteiger partial charge in [0, 0.05) is 6.54 Å². The van der Waals surface area contributed by atoms with Gasteiger partial charge in [-0.05, 0) is 43.3 Å². The lowest BCUT2D eigenvalue weighted by molar-refractivity contribution is -0.144. The second-order valence-electron chi connectivity index (χ2n) is 8.16. The third-order valence-corrected chi connectivity index (χ3v) is 5.85. The van der Waals surface area contributed by atoms with Gasteiger partial charge in [0.15, 0.2) is 5.69 Å². The summed E-state index contributed by atoms with van der Waals surface area (Å²) in [6, 6.07) is 5.91. The van der Waals surface area contributed by atoms with Crippen LogP contribution in [0.1, 0.15) is 64.5 Å². The van der Waals surface area contributed by atoms with E-state index in [1.54, 1.807) is 19.1 Å². The number of carbonyl (C=O) groups excluding carboxylic acids is 4. The summed E-state index contributed by atoms with van der Waals surface area (Å²) in [5, 5.41) is 2.85. The number of primary amides is 1. The number of nitrogens with one attached hydrogen (secondary N) is 1. The van der Waals surface area contributed by atoms with E-state index in [1.807, 2.05) is 32.9 Å². The van der Waals surface area contributed by atoms with Crippen molar-refractivity contribution in [2.45, 2.75) is 40.2 Å². The number of amides is 3. The van der Waals surface area contributed by atoms with Crippen LogP contribution in [-0.4, -0.2) is 52.7 Å². The van der Waals surface area contributed by atoms with Crippen LogP contribution in [0.5, 0.6) is 0 Å². The van der Waals surface area contributed by atoms with Crippen molar-refractivity contribution in [3.63, 3.8) is 0 Å². The van der Waals surface area contributed by atoms with Gasteiger partial charge in [-0.15, -0.1) is 12.4 Å². The standard InChI is InChI=1S/C23H31N5O5S.ClH/c1-5-33-16(29)12-28(23(32)20-17(24)18(21(25)30)27-34-20)19(15-8-6-14(4)7-9-15)22(31)26-11-10-13(2)3;/h6-9,13,19H,5,10-12,24H2,1-4H3,(H2,25,30)(H,26,31);1H. The van der Waals surface area contributed by atoms with Crippen molar-refractivity contribution in [2.75, 3.05) is 25.4 Å². The minimum Gasteiger partial charge on any atom is -0.465 e. The van der Waals surface area contributed by atoms with Gasteiger partial charge < -0.3 is 26.4 Å². The topological polar surface area (TPSA) is 158 Å². The largest absolute Gasteiger partial charge is 0.465 e. The Morgan fingerprint density at radius 1 is 1.17 bits per heavy atom. The fourth-order valence-electron chi connectivity index (χ4n) is 3.19. The number of aryl methyl sites for hydroxylation is 1. The summed E-state index contributed by atoms with van der Waals surface area (Å²) in [4.78, 5) is 51.9. The molecule has 0 aliphatic carbocycles. The zero-order valence-corrected chi connectivity index (χ0v) is 21.8. The maximum Gasteiger partial charge on any atom is 0.325 e. The van der Waals surface area contributed by atoms with Crippen molar-refractivity contribution in [3.8, 4) is 0 Å². The minimum absolute atomic E-state index is 0. The normalized spacial score (nSPS) is 11.3. The molecule has 3 amide bonds. The third-order valence-electron chi connectivity index (χ3n) is 5.00. The van der Waals surface area contributed by atoms with Gasteiger partial charge in [-0.1, -0.05) is 43.7 Å². The van der Waals surface area contributed by atoms with Crippen LogP contribution in [0, 0.1) is 12.8 Å². The van der Waals surface area contributed by atoms with Crippen molar-refractivity contribution in [2.24, 2.45) is 11.7 Å². The summed E-state index contributed by atoms with van der Waals surface area (Å²) in [6.07, 6.45) is 0.738. The van der Waals surface area contributed by atoms with Gasteiger partial charge in [0.2, 0.25) is 5.91 Å². The molecule has 0 saturated heterocycles. The van der Waals surface area contributed by atoms with Gasteiger partial charge >= 0.3 is 5.97 Å². The second-order valence-corrected chi connectivity index (χ2v) is 8.94. The van der Waals surface area contributed by atoms with E-state index < -0.39 is 36.3 Å². The van der Waals surface area contributed by atoms with Gasteiger partial charge in [-0.25, -0.2) is 0 Å². The first kappa shape index (κ1) is 29.9. The SMILES string of the molecule is CCOC(=O)CN(C(=O)c1snc(C(N)=O)c1N)C(C(=O)NCCC(C)C)c1ccc(C)cc1.Cl. The number of aromatic nitrogens is 1. The monoisotopic (exact) mass is 525 g/mol. The molecule has 2 aromatic rings. The number of rotatable bonds is 11. The van der Waals surface area contributed by atoms with E-state index in [1.165, 1.54) is 0 Å². The molecule has 1 unspecified atom stereocenters. The Bertz CT molecular complexity index is 1040. The third kappa shape index (κ3) is 7.93. The molecule has 192 valence electrons. The number of hydrogen-bond acceptors (Lipinski definition) is 8. The van der Waals surface area contributed by atoms with E-state index in [4.69, 9.17) is 16.2 Å². The molecule has 1 atom stereocenters. The molecule has 0 radical (unpaired) electrons. The van der Waals surface area contributed by atoms with E-state index >= 15 is 0 Å². The summed E-state index contributed by atoms with van der Waals surface area (Å²) in [7, 11) is 0. The summed E-state index contributed by atoms with van der Waals surface area (Å²) in [6.45, 7) is 7.59. The highest BCUT2D eigenvalue weighted by atomic mass is 35.5. The van der Waals surface area contributed by atoms with Crippen molar-refractivity contribution in [3.05, 3.63) is 46.0 Å². The predicted octanol–water partition coefficient (Wildman–Crippen LogP) is 2.46. The van der Waals surface area contributed by atoms with E-state index in [9.17, 15) is 19.2 Å². The molecular weight excluding hydrogens is 494 g/mol. The van der Waals surface area contributed by atoms with Crippen LogP contribution in [0.15, 0.2) is 24.3 Å². The van der Waals surface area contributed by atoms with Gasteiger partial charge in [-0.3, -0.25) is 19.2 Å². The number of nitrogens with zero attached hydrogens (tertiary/aromatic N) is 2. The number of hydrogen-bond donors (Lipinski definition) is 3. The highest BCUT2D eigenvalue weighted by molar-refractivity contribution is 7.09. The van der Waals surface area contributed by atoms with Crippen molar-refractivity contribution < 1.29 is 23.9 Å². The number of anilines is 1. The fraction of sp³-hybridized carbons (Fsp3) is 0.435. The smallest absolute Gasteiger partial charge is 0.325 e. The lowest BCUT2D eigenvalue weighted by Crippen LogP contribution is -2.46. The Balaban J connectivity index is 0.00000612. The molecule has 5 N–H and O–H groups in total. The van der Waals surface area contributed by atoms with E-state index in [2.05, 4.69) is 9.69 Å². The maximum atomic E-state index is 13.6. The summed E-state index contributed by atoms with van der Waals surface area (Å²) >= 11 is 0.679. The molecule has 0 fully saturated rings. The summed E-state index contributed by atoms with van der Waals surface area (Å²) in [5.74, 6) is -2.41. The molecule has 10 nitrogen and oxygen atoms in total. The quantitative estimate of drug-likeness (QED) is 0.380. The summed E-state index contributed by atoms with van der Waals surface area (Å²) in [5.41, 5.74) is 12.3. The Hall–Kier alpha value is -3.18. The predicted molar refractivity (Wildman–Crippen MR) is 136 cm³/mol. The van der Waals surface area contributed by atoms with Crippen LogP contribution in [0.4, 0.5) is 5.69 Å². The number of halogens is 1. The van der Waals surface area contributed by atoms with Crippen molar-refractivity contribution in [1.82, 2.24) is 14.6 Å². The van der Waals surface area contributed by atoms with Crippen LogP contribution in [-0.2, 0) is 14.3 Å². The molecule has 1 aromatic carbocycles. The van der Waals surface area contributed by atoms with Crippen LogP contribution in [0.3, 0.4) is 0 Å². The lowest BCUT2D eigenvalue weighted by atomic mass is 10.0. The fourth-order valence-corrected chi connectivity index (χ4v) is 3.95. The average molecular weight is 526 g/mol. The first-order valence-corrected chi connectivity index (χ1v) is 11.7. The average Bonchev–Trinajstić information content (AvgIpc) is 3.15. The Morgan fingerprint density at radius 2 is 1.80 bits per heavy atom. The lowest BCUT2D eigenvalue weighted by Gasteiger charge is -2.30. The second kappa shape index (κ2) is 13.6. The number of ether oxygens (including phenoxy) is 1. The number of nitrogens with two attached hydrogens (primary N) is 2. The summed E-state index contributed by atoms with van der Waals surface area (Å²) < 4.78 is 8.92. The van der Waals surface area contributed by atoms with Gasteiger partial charge in [0.25, 0.3) is 11.8 Å². The van der Waals surface area contributed by atoms with Crippen LogP contribution >= 0.6 is 23.9 Å². The molecule has 0 spiro atoms. The van der Waals surface area contributed by atoms with Gasteiger partial charge in [0.1, 0.15) is 17.5 Å². The molecule has 0 bridgehead atoms. The van der Waals surface area contributed by atoms with E-state index in [0.717, 1.165) is 16.9 Å². The van der Waals surface area contributed by atoms with E-state index in [0.29, 0.717) is 29.6 Å². The zero-order chi connectivity index (χ0) is 25.4. The number of carbonyl (C=O) groups is 4. The first-order chi connectivity index (χ1) is 16.1. The molecular formula is C23H32ClN5O5S. The van der Waals surface area contributed by atoms with Crippen molar-refractivity contribution in [1.29, 1.82) is 0 Å². The van der Waals surface area contributed by atoms with Gasteiger partial charge in [0.05, 0.1) is 12.3 Å². The molecule has 1 aromatic heterocycles. The maximum absolute atomic E-state index is 13.6. The molecule has 0 saturated carbocycles. The van der Waals surface area contributed by atoms with E-state index in [-0.39, 0.29) is 35.3 Å². The minimum atomic E-state index is -1.15. The molecule has 1 heterocycles. The highest BCUT2D eigenvalue weighted by Gasteiger charge is 2.36. The Morgan fingerprint density at radius 3 is 2.31 bits per heavy atom. The highest BCUT2D eigenvalue weighted by Crippen LogP contribution is 2.29. The van der Waals surface area contributed by atoms with Crippen LogP contribution in [0.25, 0.3) is 0 Å².